The van der Waals surface area contributed by atoms with E-state index in [-0.39, 0.29) is 0 Å². The fourth-order valence-corrected chi connectivity index (χ4v) is 2.59. The van der Waals surface area contributed by atoms with Gasteiger partial charge in [0.05, 0.1) is 6.26 Å². The Morgan fingerprint density at radius 2 is 1.79 bits per heavy atom. The summed E-state index contributed by atoms with van der Waals surface area (Å²) >= 11 is 0. The van der Waals surface area contributed by atoms with Crippen molar-refractivity contribution in [3.8, 4) is 11.3 Å². The van der Waals surface area contributed by atoms with Crippen molar-refractivity contribution in [1.29, 1.82) is 0 Å². The van der Waals surface area contributed by atoms with E-state index in [1.807, 2.05) is 12.1 Å². The maximum absolute atomic E-state index is 5.51. The first-order valence-corrected chi connectivity index (χ1v) is 7.37. The Morgan fingerprint density at radius 1 is 0.947 bits per heavy atom. The van der Waals surface area contributed by atoms with Crippen molar-refractivity contribution in [1.82, 2.24) is 0 Å². The van der Waals surface area contributed by atoms with Crippen LogP contribution in [0.3, 0.4) is 0 Å². The minimum atomic E-state index is 0.970. The molecule has 0 saturated heterocycles. The normalized spacial score (nSPS) is 10.9. The largest absolute Gasteiger partial charge is 0.464 e. The smallest absolute Gasteiger partial charge is 0.134 e. The van der Waals surface area contributed by atoms with Gasteiger partial charge in [0, 0.05) is 5.56 Å². The molecule has 0 spiro atoms. The third kappa shape index (κ3) is 3.28. The average Bonchev–Trinajstić information content (AvgIpc) is 2.93. The molecule has 102 valence electrons. The molecular formula is C18H24O. The van der Waals surface area contributed by atoms with Gasteiger partial charge >= 0.3 is 0 Å². The fourth-order valence-electron chi connectivity index (χ4n) is 2.59. The summed E-state index contributed by atoms with van der Waals surface area (Å²) < 4.78 is 5.51. The quantitative estimate of drug-likeness (QED) is 0.605. The molecule has 19 heavy (non-hydrogen) atoms. The molecule has 0 amide bonds. The summed E-state index contributed by atoms with van der Waals surface area (Å²) in [5, 5.41) is 0. The van der Waals surface area contributed by atoms with Crippen molar-refractivity contribution in [2.45, 2.75) is 52.9 Å². The SMILES string of the molecule is CCCCCCc1ccc(-c2ccco2)c(C)c1C. The van der Waals surface area contributed by atoms with E-state index >= 15 is 0 Å². The first kappa shape index (κ1) is 13.9. The van der Waals surface area contributed by atoms with Crippen molar-refractivity contribution in [2.24, 2.45) is 0 Å². The van der Waals surface area contributed by atoms with Gasteiger partial charge in [0.1, 0.15) is 5.76 Å². The molecule has 0 N–H and O–H groups in total. The molecule has 0 saturated carbocycles. The number of unbranched alkanes of at least 4 members (excludes halogenated alkanes) is 3. The molecule has 1 heteroatoms. The van der Waals surface area contributed by atoms with E-state index in [0.717, 1.165) is 5.76 Å². The summed E-state index contributed by atoms with van der Waals surface area (Å²) in [5.74, 6) is 0.970. The third-order valence-electron chi connectivity index (χ3n) is 3.99. The maximum atomic E-state index is 5.51. The lowest BCUT2D eigenvalue weighted by molar-refractivity contribution is 0.582. The van der Waals surface area contributed by atoms with Crippen molar-refractivity contribution in [3.05, 3.63) is 47.2 Å². The Labute approximate surface area is 116 Å². The number of benzene rings is 1. The lowest BCUT2D eigenvalue weighted by Gasteiger charge is -2.12. The summed E-state index contributed by atoms with van der Waals surface area (Å²) in [7, 11) is 0. The Balaban J connectivity index is 2.13. The zero-order valence-corrected chi connectivity index (χ0v) is 12.3. The minimum Gasteiger partial charge on any atom is -0.464 e. The van der Waals surface area contributed by atoms with Crippen LogP contribution in [0.5, 0.6) is 0 Å². The Bertz CT molecular complexity index is 509. The number of rotatable bonds is 6. The Kier molecular flexibility index (Phi) is 4.84. The minimum absolute atomic E-state index is 0.970. The van der Waals surface area contributed by atoms with Crippen LogP contribution >= 0.6 is 0 Å². The van der Waals surface area contributed by atoms with Gasteiger partial charge in [0.15, 0.2) is 0 Å². The molecule has 0 bridgehead atoms. The first-order valence-electron chi connectivity index (χ1n) is 7.37. The number of hydrogen-bond donors (Lipinski definition) is 0. The molecule has 0 fully saturated rings. The molecular weight excluding hydrogens is 232 g/mol. The van der Waals surface area contributed by atoms with Crippen molar-refractivity contribution < 1.29 is 4.42 Å². The van der Waals surface area contributed by atoms with Crippen LogP contribution in [0.15, 0.2) is 34.9 Å². The molecule has 2 aromatic rings. The predicted octanol–water partition coefficient (Wildman–Crippen LogP) is 5.69. The standard InChI is InChI=1S/C18H24O/c1-4-5-6-7-9-16-11-12-17(15(3)14(16)2)18-10-8-13-19-18/h8,10-13H,4-7,9H2,1-3H3. The highest BCUT2D eigenvalue weighted by molar-refractivity contribution is 5.64. The van der Waals surface area contributed by atoms with Crippen LogP contribution in [0.25, 0.3) is 11.3 Å². The predicted molar refractivity (Wildman–Crippen MR) is 81.5 cm³/mol. The summed E-state index contributed by atoms with van der Waals surface area (Å²) in [4.78, 5) is 0. The van der Waals surface area contributed by atoms with Crippen molar-refractivity contribution >= 4 is 0 Å². The van der Waals surface area contributed by atoms with Gasteiger partial charge in [-0.1, -0.05) is 38.3 Å². The maximum Gasteiger partial charge on any atom is 0.134 e. The van der Waals surface area contributed by atoms with Gasteiger partial charge in [-0.25, -0.2) is 0 Å². The third-order valence-corrected chi connectivity index (χ3v) is 3.99. The monoisotopic (exact) mass is 256 g/mol. The van der Waals surface area contributed by atoms with E-state index in [2.05, 4.69) is 32.9 Å². The second-order valence-electron chi connectivity index (χ2n) is 5.31. The van der Waals surface area contributed by atoms with E-state index in [4.69, 9.17) is 4.42 Å². The van der Waals surface area contributed by atoms with Gasteiger partial charge in [-0.3, -0.25) is 0 Å². The fraction of sp³-hybridized carbons (Fsp3) is 0.444. The van der Waals surface area contributed by atoms with Gasteiger partial charge in [-0.15, -0.1) is 0 Å². The molecule has 1 nitrogen and oxygen atoms in total. The van der Waals surface area contributed by atoms with Gasteiger partial charge in [-0.2, -0.15) is 0 Å². The zero-order chi connectivity index (χ0) is 13.7. The highest BCUT2D eigenvalue weighted by Crippen LogP contribution is 2.28. The van der Waals surface area contributed by atoms with E-state index in [1.165, 1.54) is 54.4 Å². The van der Waals surface area contributed by atoms with Gasteiger partial charge in [-0.05, 0) is 55.5 Å². The lowest BCUT2D eigenvalue weighted by atomic mass is 9.94. The highest BCUT2D eigenvalue weighted by atomic mass is 16.3. The van der Waals surface area contributed by atoms with Crippen LogP contribution in [0.2, 0.25) is 0 Å². The van der Waals surface area contributed by atoms with Crippen molar-refractivity contribution in [2.75, 3.05) is 0 Å². The molecule has 1 aromatic heterocycles. The van der Waals surface area contributed by atoms with E-state index in [1.54, 1.807) is 6.26 Å². The van der Waals surface area contributed by atoms with Crippen LogP contribution in [0, 0.1) is 13.8 Å². The Hall–Kier alpha value is -1.50. The molecule has 0 aliphatic rings. The summed E-state index contributed by atoms with van der Waals surface area (Å²) in [5.41, 5.74) is 5.48. The number of furan rings is 1. The number of hydrogen-bond acceptors (Lipinski definition) is 1. The summed E-state index contributed by atoms with van der Waals surface area (Å²) in [6.07, 6.45) is 8.23. The summed E-state index contributed by atoms with van der Waals surface area (Å²) in [6, 6.07) is 8.45. The van der Waals surface area contributed by atoms with Crippen molar-refractivity contribution in [3.63, 3.8) is 0 Å². The van der Waals surface area contributed by atoms with Crippen LogP contribution in [0.1, 0.15) is 49.3 Å². The second kappa shape index (κ2) is 6.60. The zero-order valence-electron chi connectivity index (χ0n) is 12.3. The summed E-state index contributed by atoms with van der Waals surface area (Å²) in [6.45, 7) is 6.69. The highest BCUT2D eigenvalue weighted by Gasteiger charge is 2.09. The van der Waals surface area contributed by atoms with Gasteiger partial charge in [0.2, 0.25) is 0 Å². The molecule has 0 atom stereocenters. The molecule has 1 aromatic carbocycles. The van der Waals surface area contributed by atoms with E-state index in [0.29, 0.717) is 0 Å². The number of aryl methyl sites for hydroxylation is 1. The topological polar surface area (TPSA) is 13.1 Å². The molecule has 2 rings (SSSR count). The van der Waals surface area contributed by atoms with Gasteiger partial charge in [0.25, 0.3) is 0 Å². The van der Waals surface area contributed by atoms with Crippen LogP contribution in [-0.4, -0.2) is 0 Å². The van der Waals surface area contributed by atoms with E-state index < -0.39 is 0 Å². The molecule has 0 unspecified atom stereocenters. The van der Waals surface area contributed by atoms with Crippen LogP contribution in [-0.2, 0) is 6.42 Å². The van der Waals surface area contributed by atoms with Gasteiger partial charge < -0.3 is 4.42 Å². The Morgan fingerprint density at radius 3 is 2.47 bits per heavy atom. The molecule has 0 aliphatic heterocycles. The molecule has 1 heterocycles. The average molecular weight is 256 g/mol. The lowest BCUT2D eigenvalue weighted by Crippen LogP contribution is -1.95. The van der Waals surface area contributed by atoms with Crippen LogP contribution < -0.4 is 0 Å². The second-order valence-corrected chi connectivity index (χ2v) is 5.31. The van der Waals surface area contributed by atoms with Crippen LogP contribution in [0.4, 0.5) is 0 Å². The molecule has 0 aliphatic carbocycles. The first-order chi connectivity index (χ1) is 9.24. The van der Waals surface area contributed by atoms with E-state index in [9.17, 15) is 0 Å². The molecule has 0 radical (unpaired) electrons.